The maximum Gasteiger partial charge on any atom is 0.239 e. The number of ether oxygens (including phenoxy) is 1. The highest BCUT2D eigenvalue weighted by Crippen LogP contribution is 2.20. The molecule has 0 aromatic rings. The second-order valence-electron chi connectivity index (χ2n) is 7.52. The molecule has 2 fully saturated rings. The third-order valence-corrected chi connectivity index (χ3v) is 4.75. The SMILES string of the molecule is CC1CN(C(C)(C)CNC(=O)CN2CCCCC2=O)CC(C)O1. The third kappa shape index (κ3) is 5.18. The van der Waals surface area contributed by atoms with Crippen molar-refractivity contribution in [2.75, 3.05) is 32.7 Å². The van der Waals surface area contributed by atoms with E-state index in [-0.39, 0.29) is 36.1 Å². The number of hydrogen-bond donors (Lipinski definition) is 1. The molecule has 0 radical (unpaired) electrons. The predicted molar refractivity (Wildman–Crippen MR) is 89.1 cm³/mol. The molecule has 0 spiro atoms. The van der Waals surface area contributed by atoms with Crippen LogP contribution >= 0.6 is 0 Å². The lowest BCUT2D eigenvalue weighted by atomic mass is 10.00. The van der Waals surface area contributed by atoms with Gasteiger partial charge in [0.15, 0.2) is 0 Å². The molecule has 0 bridgehead atoms. The van der Waals surface area contributed by atoms with Gasteiger partial charge in [-0.05, 0) is 40.5 Å². The standard InChI is InChI=1S/C17H31N3O3/c1-13-9-20(10-14(2)23-13)17(3,4)12-18-15(21)11-19-8-6-5-7-16(19)22/h13-14H,5-12H2,1-4H3,(H,18,21). The number of nitrogens with one attached hydrogen (secondary N) is 1. The van der Waals surface area contributed by atoms with E-state index >= 15 is 0 Å². The van der Waals surface area contributed by atoms with Gasteiger partial charge in [-0.1, -0.05) is 0 Å². The Hall–Kier alpha value is -1.14. The van der Waals surface area contributed by atoms with Crippen LogP contribution in [0.4, 0.5) is 0 Å². The van der Waals surface area contributed by atoms with Crippen LogP contribution < -0.4 is 5.32 Å². The summed E-state index contributed by atoms with van der Waals surface area (Å²) in [5.74, 6) is 0.0316. The summed E-state index contributed by atoms with van der Waals surface area (Å²) in [6.07, 6.45) is 2.92. The van der Waals surface area contributed by atoms with Gasteiger partial charge in [0, 0.05) is 38.1 Å². The molecule has 2 atom stereocenters. The second kappa shape index (κ2) is 7.62. The first kappa shape index (κ1) is 18.2. The van der Waals surface area contributed by atoms with Crippen LogP contribution in [0.25, 0.3) is 0 Å². The number of amides is 2. The zero-order chi connectivity index (χ0) is 17.0. The number of rotatable bonds is 5. The summed E-state index contributed by atoms with van der Waals surface area (Å²) in [6.45, 7) is 11.7. The van der Waals surface area contributed by atoms with Crippen LogP contribution in [-0.2, 0) is 14.3 Å². The van der Waals surface area contributed by atoms with Crippen LogP contribution in [0.1, 0.15) is 47.0 Å². The van der Waals surface area contributed by atoms with E-state index in [9.17, 15) is 9.59 Å². The minimum absolute atomic E-state index is 0.0670. The molecule has 2 aliphatic rings. The first-order valence-electron chi connectivity index (χ1n) is 8.73. The van der Waals surface area contributed by atoms with Crippen LogP contribution in [0, 0.1) is 0 Å². The third-order valence-electron chi connectivity index (χ3n) is 4.75. The fourth-order valence-electron chi connectivity index (χ4n) is 3.36. The van der Waals surface area contributed by atoms with Crippen molar-refractivity contribution >= 4 is 11.8 Å². The maximum atomic E-state index is 12.2. The molecule has 0 saturated carbocycles. The van der Waals surface area contributed by atoms with Crippen LogP contribution in [0.3, 0.4) is 0 Å². The Labute approximate surface area is 139 Å². The molecule has 2 amide bonds. The summed E-state index contributed by atoms with van der Waals surface area (Å²) in [4.78, 5) is 28.0. The fourth-order valence-corrected chi connectivity index (χ4v) is 3.36. The van der Waals surface area contributed by atoms with Crippen molar-refractivity contribution in [3.63, 3.8) is 0 Å². The molecule has 0 aromatic heterocycles. The minimum Gasteiger partial charge on any atom is -0.373 e. The first-order chi connectivity index (χ1) is 10.8. The van der Waals surface area contributed by atoms with E-state index in [1.165, 1.54) is 0 Å². The quantitative estimate of drug-likeness (QED) is 0.819. The summed E-state index contributed by atoms with van der Waals surface area (Å²) in [7, 11) is 0. The van der Waals surface area contributed by atoms with E-state index < -0.39 is 0 Å². The summed E-state index contributed by atoms with van der Waals surface area (Å²) in [6, 6.07) is 0. The van der Waals surface area contributed by atoms with Gasteiger partial charge in [0.2, 0.25) is 11.8 Å². The molecular weight excluding hydrogens is 294 g/mol. The lowest BCUT2D eigenvalue weighted by Gasteiger charge is -2.45. The molecule has 2 unspecified atom stereocenters. The average Bonchev–Trinajstić information content (AvgIpc) is 2.47. The first-order valence-corrected chi connectivity index (χ1v) is 8.73. The Morgan fingerprint density at radius 1 is 1.26 bits per heavy atom. The second-order valence-corrected chi connectivity index (χ2v) is 7.52. The number of carbonyl (C=O) groups excluding carboxylic acids is 2. The van der Waals surface area contributed by atoms with Crippen LogP contribution in [0.15, 0.2) is 0 Å². The zero-order valence-electron chi connectivity index (χ0n) is 14.9. The fraction of sp³-hybridized carbons (Fsp3) is 0.882. The Kier molecular flexibility index (Phi) is 6.03. The molecule has 2 aliphatic heterocycles. The summed E-state index contributed by atoms with van der Waals surface area (Å²) < 4.78 is 5.78. The van der Waals surface area contributed by atoms with Gasteiger partial charge < -0.3 is 15.0 Å². The van der Waals surface area contributed by atoms with Crippen LogP contribution in [0.5, 0.6) is 0 Å². The predicted octanol–water partition coefficient (Wildman–Crippen LogP) is 1.00. The van der Waals surface area contributed by atoms with Crippen molar-refractivity contribution in [3.8, 4) is 0 Å². The van der Waals surface area contributed by atoms with Gasteiger partial charge in [-0.25, -0.2) is 0 Å². The van der Waals surface area contributed by atoms with Gasteiger partial charge in [0.1, 0.15) is 0 Å². The number of hydrogen-bond acceptors (Lipinski definition) is 4. The lowest BCUT2D eigenvalue weighted by Crippen LogP contribution is -2.59. The lowest BCUT2D eigenvalue weighted by molar-refractivity contribution is -0.138. The molecule has 2 rings (SSSR count). The molecule has 6 heteroatoms. The van der Waals surface area contributed by atoms with Crippen molar-refractivity contribution in [3.05, 3.63) is 0 Å². The Morgan fingerprint density at radius 2 is 1.91 bits per heavy atom. The smallest absolute Gasteiger partial charge is 0.239 e. The Bertz CT molecular complexity index is 429. The van der Waals surface area contributed by atoms with Crippen LogP contribution in [0.2, 0.25) is 0 Å². The normalized spacial score (nSPS) is 27.1. The molecule has 2 saturated heterocycles. The van der Waals surface area contributed by atoms with Gasteiger partial charge in [0.05, 0.1) is 18.8 Å². The molecule has 0 aromatic carbocycles. The highest BCUT2D eigenvalue weighted by Gasteiger charge is 2.33. The number of morpholine rings is 1. The van der Waals surface area contributed by atoms with Crippen molar-refractivity contribution in [1.29, 1.82) is 0 Å². The number of nitrogens with zero attached hydrogens (tertiary/aromatic N) is 2. The molecule has 6 nitrogen and oxygen atoms in total. The van der Waals surface area contributed by atoms with E-state index in [0.717, 1.165) is 25.9 Å². The minimum atomic E-state index is -0.131. The summed E-state index contributed by atoms with van der Waals surface area (Å²) >= 11 is 0. The average molecular weight is 325 g/mol. The number of carbonyl (C=O) groups is 2. The summed E-state index contributed by atoms with van der Waals surface area (Å²) in [5, 5.41) is 3.00. The molecule has 2 heterocycles. The largest absolute Gasteiger partial charge is 0.373 e. The van der Waals surface area contributed by atoms with Crippen molar-refractivity contribution in [1.82, 2.24) is 15.1 Å². The van der Waals surface area contributed by atoms with E-state index in [1.54, 1.807) is 4.90 Å². The van der Waals surface area contributed by atoms with E-state index in [2.05, 4.69) is 37.9 Å². The van der Waals surface area contributed by atoms with Gasteiger partial charge in [-0.2, -0.15) is 0 Å². The highest BCUT2D eigenvalue weighted by atomic mass is 16.5. The molecule has 23 heavy (non-hydrogen) atoms. The highest BCUT2D eigenvalue weighted by molar-refractivity contribution is 5.85. The Morgan fingerprint density at radius 3 is 2.52 bits per heavy atom. The van der Waals surface area contributed by atoms with Gasteiger partial charge in [-0.15, -0.1) is 0 Å². The number of likely N-dealkylation sites (tertiary alicyclic amines) is 1. The maximum absolute atomic E-state index is 12.2. The van der Waals surface area contributed by atoms with Crippen molar-refractivity contribution < 1.29 is 14.3 Å². The molecular formula is C17H31N3O3. The zero-order valence-corrected chi connectivity index (χ0v) is 14.9. The topological polar surface area (TPSA) is 61.9 Å². The molecule has 0 aliphatic carbocycles. The Balaban J connectivity index is 1.81. The van der Waals surface area contributed by atoms with Crippen LogP contribution in [-0.4, -0.2) is 72.1 Å². The van der Waals surface area contributed by atoms with Crippen molar-refractivity contribution in [2.45, 2.75) is 64.7 Å². The van der Waals surface area contributed by atoms with E-state index in [1.807, 2.05) is 0 Å². The van der Waals surface area contributed by atoms with Gasteiger partial charge in [0.25, 0.3) is 0 Å². The summed E-state index contributed by atoms with van der Waals surface area (Å²) in [5.41, 5.74) is -0.131. The van der Waals surface area contributed by atoms with Gasteiger partial charge in [-0.3, -0.25) is 14.5 Å². The molecule has 132 valence electrons. The van der Waals surface area contributed by atoms with E-state index in [0.29, 0.717) is 19.5 Å². The molecule has 1 N–H and O–H groups in total. The number of piperidine rings is 1. The monoisotopic (exact) mass is 325 g/mol. The van der Waals surface area contributed by atoms with E-state index in [4.69, 9.17) is 4.74 Å². The van der Waals surface area contributed by atoms with Gasteiger partial charge >= 0.3 is 0 Å². The van der Waals surface area contributed by atoms with Crippen molar-refractivity contribution in [2.24, 2.45) is 0 Å².